The van der Waals surface area contributed by atoms with E-state index < -0.39 is 15.7 Å². The van der Waals surface area contributed by atoms with Crippen LogP contribution in [0.3, 0.4) is 0 Å². The Bertz CT molecular complexity index is 799. The van der Waals surface area contributed by atoms with E-state index in [1.807, 2.05) is 26.0 Å². The highest BCUT2D eigenvalue weighted by atomic mass is 32.2. The lowest BCUT2D eigenvalue weighted by atomic mass is 9.88. The Morgan fingerprint density at radius 1 is 1.00 bits per heavy atom. The molecule has 0 aliphatic heterocycles. The molecule has 1 unspecified atom stereocenters. The van der Waals surface area contributed by atoms with Gasteiger partial charge in [-0.15, -0.1) is 0 Å². The van der Waals surface area contributed by atoms with Gasteiger partial charge in [0, 0.05) is 5.92 Å². The highest BCUT2D eigenvalue weighted by Crippen LogP contribution is 2.20. The number of amides is 1. The molecule has 6 heteroatoms. The third-order valence-corrected chi connectivity index (χ3v) is 5.89. The van der Waals surface area contributed by atoms with E-state index >= 15 is 0 Å². The molecule has 134 valence electrons. The maximum atomic E-state index is 12.4. The van der Waals surface area contributed by atoms with Crippen LogP contribution in [0.25, 0.3) is 0 Å². The summed E-state index contributed by atoms with van der Waals surface area (Å²) < 4.78 is 24.8. The van der Waals surface area contributed by atoms with Crippen LogP contribution in [-0.2, 0) is 26.8 Å². The van der Waals surface area contributed by atoms with Gasteiger partial charge < -0.3 is 0 Å². The third kappa shape index (κ3) is 5.14. The van der Waals surface area contributed by atoms with Crippen molar-refractivity contribution in [1.82, 2.24) is 5.48 Å². The number of rotatable bonds is 7. The van der Waals surface area contributed by atoms with Crippen LogP contribution in [0.5, 0.6) is 0 Å². The van der Waals surface area contributed by atoms with Gasteiger partial charge in [-0.3, -0.25) is 10.0 Å². The number of sulfone groups is 1. The molecule has 2 aromatic carbocycles. The predicted octanol–water partition coefficient (Wildman–Crippen LogP) is 2.98. The Kier molecular flexibility index (Phi) is 6.33. The molecule has 5 nitrogen and oxygen atoms in total. The summed E-state index contributed by atoms with van der Waals surface area (Å²) in [6, 6.07) is 15.6. The van der Waals surface area contributed by atoms with Crippen molar-refractivity contribution >= 4 is 15.7 Å². The Hall–Kier alpha value is -2.18. The van der Waals surface area contributed by atoms with E-state index in [0.717, 1.165) is 5.56 Å². The van der Waals surface area contributed by atoms with E-state index in [9.17, 15) is 13.2 Å². The minimum Gasteiger partial charge on any atom is -0.289 e. The van der Waals surface area contributed by atoms with E-state index in [-0.39, 0.29) is 17.6 Å². The number of benzene rings is 2. The summed E-state index contributed by atoms with van der Waals surface area (Å²) in [4.78, 5) is 12.0. The smallest absolute Gasteiger partial charge is 0.247 e. The van der Waals surface area contributed by atoms with Crippen LogP contribution >= 0.6 is 0 Å². The van der Waals surface area contributed by atoms with Gasteiger partial charge in [-0.1, -0.05) is 56.3 Å². The van der Waals surface area contributed by atoms with E-state index in [2.05, 4.69) is 0 Å². The fourth-order valence-electron chi connectivity index (χ4n) is 2.67. The van der Waals surface area contributed by atoms with Crippen LogP contribution < -0.4 is 5.48 Å². The zero-order valence-corrected chi connectivity index (χ0v) is 15.2. The molecular formula is C19H23NO4S. The van der Waals surface area contributed by atoms with Crippen LogP contribution in [0.4, 0.5) is 0 Å². The fourth-order valence-corrected chi connectivity index (χ4v) is 4.04. The lowest BCUT2D eigenvalue weighted by Gasteiger charge is -2.18. The van der Waals surface area contributed by atoms with E-state index in [1.54, 1.807) is 47.9 Å². The standard InChI is InChI=1S/C19H23NO4S/c1-14(2)18(19(21)20-22)12-15-8-10-16(11-9-15)13-25(23,24)17-6-4-3-5-7-17/h3-11,14,18,22H,12-13H2,1-2H3,(H,20,21). The fraction of sp³-hybridized carbons (Fsp3) is 0.316. The molecule has 1 atom stereocenters. The Morgan fingerprint density at radius 3 is 2.08 bits per heavy atom. The number of hydrogen-bond donors (Lipinski definition) is 2. The first-order valence-corrected chi connectivity index (χ1v) is 9.78. The average Bonchev–Trinajstić information content (AvgIpc) is 2.60. The summed E-state index contributed by atoms with van der Waals surface area (Å²) in [5, 5.41) is 8.85. The maximum absolute atomic E-state index is 12.4. The van der Waals surface area contributed by atoms with Gasteiger partial charge in [0.2, 0.25) is 5.91 Å². The number of carbonyl (C=O) groups excluding carboxylic acids is 1. The highest BCUT2D eigenvalue weighted by Gasteiger charge is 2.22. The summed E-state index contributed by atoms with van der Waals surface area (Å²) in [5.41, 5.74) is 3.32. The normalized spacial score (nSPS) is 12.8. The number of nitrogens with one attached hydrogen (secondary N) is 1. The van der Waals surface area contributed by atoms with Crippen molar-refractivity contribution in [2.24, 2.45) is 11.8 Å². The molecule has 0 bridgehead atoms. The summed E-state index contributed by atoms with van der Waals surface area (Å²) >= 11 is 0. The van der Waals surface area contributed by atoms with Gasteiger partial charge in [0.1, 0.15) is 0 Å². The Morgan fingerprint density at radius 2 is 1.56 bits per heavy atom. The molecular weight excluding hydrogens is 338 g/mol. The van der Waals surface area contributed by atoms with Gasteiger partial charge in [-0.25, -0.2) is 13.9 Å². The van der Waals surface area contributed by atoms with Gasteiger partial charge >= 0.3 is 0 Å². The lowest BCUT2D eigenvalue weighted by Crippen LogP contribution is -2.32. The van der Waals surface area contributed by atoms with Crippen molar-refractivity contribution in [2.45, 2.75) is 30.9 Å². The first-order chi connectivity index (χ1) is 11.8. The second-order valence-electron chi connectivity index (χ2n) is 6.42. The van der Waals surface area contributed by atoms with Gasteiger partial charge in [0.25, 0.3) is 0 Å². The zero-order valence-electron chi connectivity index (χ0n) is 14.3. The summed E-state index contributed by atoms with van der Waals surface area (Å²) in [7, 11) is -3.38. The highest BCUT2D eigenvalue weighted by molar-refractivity contribution is 7.90. The molecule has 0 heterocycles. The summed E-state index contributed by atoms with van der Waals surface area (Å²) in [6.07, 6.45) is 0.482. The van der Waals surface area contributed by atoms with Crippen LogP contribution in [0, 0.1) is 11.8 Å². The van der Waals surface area contributed by atoms with Crippen molar-refractivity contribution in [3.05, 3.63) is 65.7 Å². The van der Waals surface area contributed by atoms with Crippen LogP contribution in [0.1, 0.15) is 25.0 Å². The monoisotopic (exact) mass is 361 g/mol. The predicted molar refractivity (Wildman–Crippen MR) is 95.7 cm³/mol. The second-order valence-corrected chi connectivity index (χ2v) is 8.41. The third-order valence-electron chi connectivity index (χ3n) is 4.19. The molecule has 25 heavy (non-hydrogen) atoms. The average molecular weight is 361 g/mol. The molecule has 0 fully saturated rings. The van der Waals surface area contributed by atoms with Crippen LogP contribution in [0.2, 0.25) is 0 Å². The van der Waals surface area contributed by atoms with Gasteiger partial charge in [-0.05, 0) is 35.6 Å². The minimum atomic E-state index is -3.38. The molecule has 2 N–H and O–H groups in total. The van der Waals surface area contributed by atoms with Crippen molar-refractivity contribution in [2.75, 3.05) is 0 Å². The largest absolute Gasteiger partial charge is 0.289 e. The molecule has 0 aliphatic rings. The topological polar surface area (TPSA) is 83.5 Å². The van der Waals surface area contributed by atoms with Crippen molar-refractivity contribution in [3.8, 4) is 0 Å². The first-order valence-electron chi connectivity index (χ1n) is 8.13. The van der Waals surface area contributed by atoms with Crippen molar-refractivity contribution in [1.29, 1.82) is 0 Å². The lowest BCUT2D eigenvalue weighted by molar-refractivity contribution is -0.134. The molecule has 0 saturated carbocycles. The number of carbonyl (C=O) groups is 1. The molecule has 2 aromatic rings. The molecule has 0 saturated heterocycles. The number of hydrogen-bond acceptors (Lipinski definition) is 4. The van der Waals surface area contributed by atoms with E-state index in [1.165, 1.54) is 0 Å². The zero-order chi connectivity index (χ0) is 18.4. The number of hydroxylamine groups is 1. The second kappa shape index (κ2) is 8.27. The minimum absolute atomic E-state index is 0.0674. The van der Waals surface area contributed by atoms with E-state index in [0.29, 0.717) is 16.9 Å². The van der Waals surface area contributed by atoms with Crippen LogP contribution in [-0.4, -0.2) is 19.5 Å². The molecule has 2 rings (SSSR count). The van der Waals surface area contributed by atoms with Crippen LogP contribution in [0.15, 0.2) is 59.5 Å². The SMILES string of the molecule is CC(C)C(Cc1ccc(CS(=O)(=O)c2ccccc2)cc1)C(=O)NO. The van der Waals surface area contributed by atoms with Crippen molar-refractivity contribution < 1.29 is 18.4 Å². The molecule has 0 aliphatic carbocycles. The first kappa shape index (κ1) is 19.1. The van der Waals surface area contributed by atoms with E-state index in [4.69, 9.17) is 5.21 Å². The summed E-state index contributed by atoms with van der Waals surface area (Å²) in [6.45, 7) is 3.83. The Labute approximate surface area is 148 Å². The van der Waals surface area contributed by atoms with Gasteiger partial charge in [0.05, 0.1) is 10.6 Å². The van der Waals surface area contributed by atoms with Gasteiger partial charge in [-0.2, -0.15) is 0 Å². The van der Waals surface area contributed by atoms with Crippen molar-refractivity contribution in [3.63, 3.8) is 0 Å². The molecule has 1 amide bonds. The van der Waals surface area contributed by atoms with Gasteiger partial charge in [0.15, 0.2) is 9.84 Å². The molecule has 0 aromatic heterocycles. The molecule has 0 spiro atoms. The molecule has 0 radical (unpaired) electrons. The quantitative estimate of drug-likeness (QED) is 0.587. The Balaban J connectivity index is 2.11. The summed E-state index contributed by atoms with van der Waals surface area (Å²) in [5.74, 6) is -0.748. The maximum Gasteiger partial charge on any atom is 0.247 e.